The fraction of sp³-hybridized carbons (Fsp3) is 0.182. The van der Waals surface area contributed by atoms with Crippen LogP contribution in [0.15, 0.2) is 85.5 Å². The lowest BCUT2D eigenvalue weighted by molar-refractivity contribution is -0.137. The van der Waals surface area contributed by atoms with Crippen LogP contribution in [0.2, 0.25) is 0 Å². The lowest BCUT2D eigenvalue weighted by Crippen LogP contribution is -2.42. The Hall–Kier alpha value is -5.92. The molecule has 3 N–H and O–H groups in total. The maximum Gasteiger partial charge on any atom is 0.416 e. The number of nitrogens with one attached hydrogen (secondary N) is 2. The maximum atomic E-state index is 13.7. The van der Waals surface area contributed by atoms with Gasteiger partial charge in [-0.2, -0.15) is 13.2 Å². The van der Waals surface area contributed by atoms with Gasteiger partial charge in [0, 0.05) is 41.9 Å². The summed E-state index contributed by atoms with van der Waals surface area (Å²) in [7, 11) is 0. The van der Waals surface area contributed by atoms with Crippen molar-refractivity contribution < 1.29 is 37.4 Å². The average molecular weight is 645 g/mol. The number of ether oxygens (including phenoxy) is 1. The molecule has 3 aromatic carbocycles. The lowest BCUT2D eigenvalue weighted by Gasteiger charge is -2.20. The van der Waals surface area contributed by atoms with Gasteiger partial charge in [-0.1, -0.05) is 12.1 Å². The number of rotatable bonds is 7. The quantitative estimate of drug-likeness (QED) is 0.176. The van der Waals surface area contributed by atoms with Crippen molar-refractivity contribution in [2.75, 3.05) is 17.2 Å². The Bertz CT molecular complexity index is 2010. The topological polar surface area (TPSA) is 139 Å². The van der Waals surface area contributed by atoms with Crippen molar-refractivity contribution in [3.63, 3.8) is 0 Å². The molecule has 0 radical (unpaired) electrons. The summed E-state index contributed by atoms with van der Waals surface area (Å²) in [4.78, 5) is 46.8. The molecule has 0 unspecified atom stereocenters. The molecule has 1 fully saturated rings. The largest absolute Gasteiger partial charge is 0.465 e. The molecule has 11 nitrogen and oxygen atoms in total. The molecule has 5 aromatic rings. The second-order valence-electron chi connectivity index (χ2n) is 10.9. The summed E-state index contributed by atoms with van der Waals surface area (Å²) < 4.78 is 48.6. The maximum absolute atomic E-state index is 13.7. The normalized spacial score (nSPS) is 14.6. The summed E-state index contributed by atoms with van der Waals surface area (Å²) in [5.41, 5.74) is 0.0950. The monoisotopic (exact) mass is 644 g/mol. The molecule has 14 heteroatoms. The molecule has 47 heavy (non-hydrogen) atoms. The highest BCUT2D eigenvalue weighted by Crippen LogP contribution is 2.34. The second kappa shape index (κ2) is 12.5. The van der Waals surface area contributed by atoms with Crippen molar-refractivity contribution in [3.05, 3.63) is 102 Å². The van der Waals surface area contributed by atoms with Gasteiger partial charge in [0.2, 0.25) is 5.91 Å². The molecule has 3 heterocycles. The third-order valence-electron chi connectivity index (χ3n) is 7.63. The molecule has 1 atom stereocenters. The standard InChI is InChI=1S/C33H27F3N6O5/c1-19-17-41(18-38-19)23-14-21(33(34,35)36)13-22(15-23)39-30(43)27-5-2-4-20-12-24(7-8-26(20)27)47-25-9-10-37-29(16-25)40-31(44)28-6-3-11-42(28)32(45)46/h2,4-5,7-10,12-18,28H,3,6,11H2,1H3,(H,39,43)(H,45,46)(H,37,40,44)/t28-/m0/s1. The van der Waals surface area contributed by atoms with Crippen LogP contribution in [0.25, 0.3) is 16.5 Å². The third-order valence-corrected chi connectivity index (χ3v) is 7.63. The number of pyridine rings is 1. The number of likely N-dealkylation sites (tertiary alicyclic amines) is 1. The Morgan fingerprint density at radius 1 is 0.979 bits per heavy atom. The molecule has 1 saturated heterocycles. The van der Waals surface area contributed by atoms with E-state index in [0.29, 0.717) is 40.8 Å². The number of anilines is 2. The molecule has 0 bridgehead atoms. The van der Waals surface area contributed by atoms with Crippen molar-refractivity contribution in [2.45, 2.75) is 32.0 Å². The molecule has 2 aromatic heterocycles. The number of nitrogens with zero attached hydrogens (tertiary/aromatic N) is 4. The van der Waals surface area contributed by atoms with Gasteiger partial charge < -0.3 is 25.0 Å². The SMILES string of the molecule is Cc1cn(-c2cc(NC(=O)c3cccc4cc(Oc5ccnc(NC(=O)[C@@H]6CCCN6C(=O)O)c5)ccc34)cc(C(F)(F)F)c2)cn1. The predicted octanol–water partition coefficient (Wildman–Crippen LogP) is 6.87. The van der Waals surface area contributed by atoms with Crippen LogP contribution in [0.3, 0.4) is 0 Å². The Balaban J connectivity index is 1.20. The molecule has 0 saturated carbocycles. The minimum Gasteiger partial charge on any atom is -0.465 e. The van der Waals surface area contributed by atoms with Gasteiger partial charge in [0.05, 0.1) is 17.6 Å². The molecule has 1 aliphatic rings. The molecule has 0 spiro atoms. The van der Waals surface area contributed by atoms with Crippen LogP contribution in [0.1, 0.15) is 34.5 Å². The molecule has 3 amide bonds. The molecule has 0 aliphatic carbocycles. The molecule has 240 valence electrons. The van der Waals surface area contributed by atoms with E-state index in [1.165, 1.54) is 29.2 Å². The van der Waals surface area contributed by atoms with Crippen molar-refractivity contribution in [3.8, 4) is 17.2 Å². The van der Waals surface area contributed by atoms with E-state index in [1.807, 2.05) is 0 Å². The van der Waals surface area contributed by atoms with Crippen LogP contribution in [0, 0.1) is 6.92 Å². The Morgan fingerprint density at radius 2 is 1.79 bits per heavy atom. The van der Waals surface area contributed by atoms with Crippen molar-refractivity contribution in [1.29, 1.82) is 0 Å². The fourth-order valence-corrected chi connectivity index (χ4v) is 5.44. The number of alkyl halides is 3. The number of carbonyl (C=O) groups is 3. The first-order chi connectivity index (χ1) is 22.4. The van der Waals surface area contributed by atoms with Gasteiger partial charge in [-0.25, -0.2) is 14.8 Å². The van der Waals surface area contributed by atoms with E-state index in [-0.39, 0.29) is 29.3 Å². The van der Waals surface area contributed by atoms with Crippen LogP contribution in [-0.2, 0) is 11.0 Å². The minimum absolute atomic E-state index is 0.0349. The zero-order valence-corrected chi connectivity index (χ0v) is 24.8. The number of carbonyl (C=O) groups excluding carboxylic acids is 2. The molecular weight excluding hydrogens is 617 g/mol. The number of amides is 3. The van der Waals surface area contributed by atoms with Gasteiger partial charge in [-0.3, -0.25) is 14.5 Å². The highest BCUT2D eigenvalue weighted by molar-refractivity contribution is 6.13. The second-order valence-corrected chi connectivity index (χ2v) is 10.9. The Kier molecular flexibility index (Phi) is 8.24. The van der Waals surface area contributed by atoms with E-state index in [0.717, 1.165) is 17.0 Å². The van der Waals surface area contributed by atoms with Gasteiger partial charge in [0.25, 0.3) is 5.91 Å². The van der Waals surface area contributed by atoms with Crippen LogP contribution >= 0.6 is 0 Å². The number of fused-ring (bicyclic) bond motifs is 1. The van der Waals surface area contributed by atoms with E-state index in [1.54, 1.807) is 55.6 Å². The van der Waals surface area contributed by atoms with E-state index in [4.69, 9.17) is 4.74 Å². The third kappa shape index (κ3) is 6.85. The summed E-state index contributed by atoms with van der Waals surface area (Å²) in [6, 6.07) is 15.5. The van der Waals surface area contributed by atoms with E-state index in [2.05, 4.69) is 20.6 Å². The minimum atomic E-state index is -4.64. The summed E-state index contributed by atoms with van der Waals surface area (Å²) in [6.07, 6.45) is -0.378. The smallest absolute Gasteiger partial charge is 0.416 e. The first kappa shape index (κ1) is 31.1. The predicted molar refractivity (Wildman–Crippen MR) is 166 cm³/mol. The van der Waals surface area contributed by atoms with Crippen LogP contribution in [0.5, 0.6) is 11.5 Å². The highest BCUT2D eigenvalue weighted by atomic mass is 19.4. The number of imidazole rings is 1. The van der Waals surface area contributed by atoms with Gasteiger partial charge in [0.15, 0.2) is 0 Å². The zero-order chi connectivity index (χ0) is 33.3. The van der Waals surface area contributed by atoms with Crippen LogP contribution < -0.4 is 15.4 Å². The number of aryl methyl sites for hydroxylation is 1. The first-order valence-electron chi connectivity index (χ1n) is 14.5. The van der Waals surface area contributed by atoms with Crippen molar-refractivity contribution >= 4 is 40.2 Å². The number of carboxylic acid groups (broad SMARTS) is 1. The summed E-state index contributed by atoms with van der Waals surface area (Å²) in [6.45, 7) is 2.00. The Morgan fingerprint density at radius 3 is 2.53 bits per heavy atom. The fourth-order valence-electron chi connectivity index (χ4n) is 5.44. The number of halogens is 3. The first-order valence-corrected chi connectivity index (χ1v) is 14.5. The number of aromatic nitrogens is 3. The summed E-state index contributed by atoms with van der Waals surface area (Å²) in [5, 5.41) is 15.7. The average Bonchev–Trinajstić information content (AvgIpc) is 3.70. The zero-order valence-electron chi connectivity index (χ0n) is 24.8. The van der Waals surface area contributed by atoms with E-state index < -0.39 is 35.7 Å². The molecule has 1 aliphatic heterocycles. The number of hydrogen-bond acceptors (Lipinski definition) is 6. The van der Waals surface area contributed by atoms with Gasteiger partial charge in [-0.05, 0) is 79.1 Å². The Labute approximate surface area is 265 Å². The summed E-state index contributed by atoms with van der Waals surface area (Å²) in [5.74, 6) is -0.146. The van der Waals surface area contributed by atoms with Gasteiger partial charge in [0.1, 0.15) is 23.4 Å². The van der Waals surface area contributed by atoms with Crippen molar-refractivity contribution in [1.82, 2.24) is 19.4 Å². The number of benzene rings is 3. The van der Waals surface area contributed by atoms with Gasteiger partial charge >= 0.3 is 12.3 Å². The van der Waals surface area contributed by atoms with Crippen molar-refractivity contribution in [2.24, 2.45) is 0 Å². The number of hydrogen-bond donors (Lipinski definition) is 3. The summed E-state index contributed by atoms with van der Waals surface area (Å²) >= 11 is 0. The molecule has 6 rings (SSSR count). The highest BCUT2D eigenvalue weighted by Gasteiger charge is 2.34. The van der Waals surface area contributed by atoms with Gasteiger partial charge in [-0.15, -0.1) is 0 Å². The molecular formula is C33H27F3N6O5. The van der Waals surface area contributed by atoms with Crippen LogP contribution in [0.4, 0.5) is 29.5 Å². The van der Waals surface area contributed by atoms with E-state index in [9.17, 15) is 32.7 Å². The van der Waals surface area contributed by atoms with Crippen LogP contribution in [-0.4, -0.2) is 55.0 Å². The lowest BCUT2D eigenvalue weighted by atomic mass is 10.0. The van der Waals surface area contributed by atoms with E-state index >= 15 is 0 Å².